The van der Waals surface area contributed by atoms with Crippen molar-refractivity contribution in [1.82, 2.24) is 0 Å². The monoisotopic (exact) mass is 174 g/mol. The van der Waals surface area contributed by atoms with Crippen LogP contribution in [0, 0.1) is 11.8 Å². The van der Waals surface area contributed by atoms with Crippen molar-refractivity contribution in [2.45, 2.75) is 13.8 Å². The van der Waals surface area contributed by atoms with Crippen molar-refractivity contribution in [3.63, 3.8) is 0 Å². The van der Waals surface area contributed by atoms with Crippen LogP contribution in [-0.2, 0) is 4.79 Å². The molecular formula is C11H10O2. The van der Waals surface area contributed by atoms with E-state index >= 15 is 0 Å². The molecular weight excluding hydrogens is 164 g/mol. The minimum Gasteiger partial charge on any atom is -0.427 e. The second-order valence-electron chi connectivity index (χ2n) is 2.50. The van der Waals surface area contributed by atoms with E-state index in [1.165, 1.54) is 6.92 Å². The molecule has 0 saturated carbocycles. The van der Waals surface area contributed by atoms with Crippen LogP contribution in [0.4, 0.5) is 0 Å². The zero-order valence-corrected chi connectivity index (χ0v) is 7.63. The third-order valence-electron chi connectivity index (χ3n) is 1.36. The van der Waals surface area contributed by atoms with Gasteiger partial charge >= 0.3 is 5.97 Å². The highest BCUT2D eigenvalue weighted by molar-refractivity contribution is 5.69. The zero-order chi connectivity index (χ0) is 9.68. The van der Waals surface area contributed by atoms with E-state index in [1.54, 1.807) is 25.1 Å². The molecule has 0 aliphatic rings. The van der Waals surface area contributed by atoms with Crippen molar-refractivity contribution in [2.24, 2.45) is 0 Å². The average Bonchev–Trinajstić information content (AvgIpc) is 2.04. The van der Waals surface area contributed by atoms with Crippen LogP contribution >= 0.6 is 0 Å². The van der Waals surface area contributed by atoms with Crippen molar-refractivity contribution >= 4 is 5.97 Å². The second-order valence-corrected chi connectivity index (χ2v) is 2.50. The summed E-state index contributed by atoms with van der Waals surface area (Å²) in [6, 6.07) is 7.13. The first-order valence-electron chi connectivity index (χ1n) is 3.93. The van der Waals surface area contributed by atoms with E-state index in [0.29, 0.717) is 5.75 Å². The van der Waals surface area contributed by atoms with Crippen molar-refractivity contribution < 1.29 is 9.53 Å². The molecule has 0 saturated heterocycles. The number of benzene rings is 1. The molecule has 0 unspecified atom stereocenters. The van der Waals surface area contributed by atoms with E-state index in [-0.39, 0.29) is 5.97 Å². The average molecular weight is 174 g/mol. The van der Waals surface area contributed by atoms with E-state index in [0.717, 1.165) is 5.56 Å². The largest absolute Gasteiger partial charge is 0.427 e. The van der Waals surface area contributed by atoms with Gasteiger partial charge in [-0.1, -0.05) is 12.0 Å². The molecule has 2 heteroatoms. The van der Waals surface area contributed by atoms with Crippen LogP contribution in [0.25, 0.3) is 0 Å². The maximum atomic E-state index is 10.6. The van der Waals surface area contributed by atoms with Gasteiger partial charge < -0.3 is 4.74 Å². The first-order valence-corrected chi connectivity index (χ1v) is 3.93. The third-order valence-corrected chi connectivity index (χ3v) is 1.36. The maximum absolute atomic E-state index is 10.6. The van der Waals surface area contributed by atoms with E-state index in [9.17, 15) is 4.79 Å². The molecule has 0 bridgehead atoms. The molecule has 0 atom stereocenters. The standard InChI is InChI=1S/C11H10O2/c1-3-5-10-6-4-7-11(8-10)13-9(2)12/h4,6-8H,1-2H3. The van der Waals surface area contributed by atoms with Gasteiger partial charge in [-0.2, -0.15) is 0 Å². The number of carbonyl (C=O) groups is 1. The Balaban J connectivity index is 2.89. The lowest BCUT2D eigenvalue weighted by Crippen LogP contribution is -2.01. The van der Waals surface area contributed by atoms with Crippen molar-refractivity contribution in [3.8, 4) is 17.6 Å². The Morgan fingerprint density at radius 1 is 1.46 bits per heavy atom. The molecule has 1 aromatic rings. The molecule has 2 nitrogen and oxygen atoms in total. The maximum Gasteiger partial charge on any atom is 0.308 e. The fraction of sp³-hybridized carbons (Fsp3) is 0.182. The lowest BCUT2D eigenvalue weighted by atomic mass is 10.2. The molecule has 1 aromatic carbocycles. The van der Waals surface area contributed by atoms with Crippen LogP contribution in [0.2, 0.25) is 0 Å². The lowest BCUT2D eigenvalue weighted by molar-refractivity contribution is -0.131. The van der Waals surface area contributed by atoms with Gasteiger partial charge in [0, 0.05) is 12.5 Å². The minimum atomic E-state index is -0.318. The summed E-state index contributed by atoms with van der Waals surface area (Å²) in [7, 11) is 0. The van der Waals surface area contributed by atoms with Gasteiger partial charge in [0.1, 0.15) is 5.75 Å². The van der Waals surface area contributed by atoms with Crippen LogP contribution in [-0.4, -0.2) is 5.97 Å². The van der Waals surface area contributed by atoms with Gasteiger partial charge in [0.25, 0.3) is 0 Å². The van der Waals surface area contributed by atoms with Crippen LogP contribution in [0.1, 0.15) is 19.4 Å². The molecule has 0 fully saturated rings. The summed E-state index contributed by atoms with van der Waals surface area (Å²) in [4.78, 5) is 10.6. The molecule has 1 rings (SSSR count). The SMILES string of the molecule is CC#Cc1cccc(OC(C)=O)c1. The Hall–Kier alpha value is -1.75. The summed E-state index contributed by atoms with van der Waals surface area (Å²) < 4.78 is 4.89. The summed E-state index contributed by atoms with van der Waals surface area (Å²) >= 11 is 0. The Kier molecular flexibility index (Phi) is 3.10. The van der Waals surface area contributed by atoms with Crippen LogP contribution in [0.15, 0.2) is 24.3 Å². The van der Waals surface area contributed by atoms with Gasteiger partial charge in [-0.05, 0) is 25.1 Å². The van der Waals surface area contributed by atoms with Gasteiger partial charge in [0.15, 0.2) is 0 Å². The molecule has 13 heavy (non-hydrogen) atoms. The Morgan fingerprint density at radius 3 is 2.85 bits per heavy atom. The summed E-state index contributed by atoms with van der Waals surface area (Å²) in [6.07, 6.45) is 0. The second kappa shape index (κ2) is 4.32. The Bertz CT molecular complexity index is 369. The molecule has 0 amide bonds. The first-order chi connectivity index (χ1) is 6.22. The first kappa shape index (κ1) is 9.34. The van der Waals surface area contributed by atoms with E-state index in [4.69, 9.17) is 4.74 Å². The molecule has 0 radical (unpaired) electrons. The minimum absolute atomic E-state index is 0.318. The fourth-order valence-corrected chi connectivity index (χ4v) is 0.948. The van der Waals surface area contributed by atoms with E-state index < -0.39 is 0 Å². The smallest absolute Gasteiger partial charge is 0.308 e. The summed E-state index contributed by atoms with van der Waals surface area (Å²) in [5, 5.41) is 0. The molecule has 0 aliphatic carbocycles. The van der Waals surface area contributed by atoms with Crippen molar-refractivity contribution in [3.05, 3.63) is 29.8 Å². The topological polar surface area (TPSA) is 26.3 Å². The van der Waals surface area contributed by atoms with Crippen LogP contribution in [0.5, 0.6) is 5.75 Å². The number of hydrogen-bond donors (Lipinski definition) is 0. The lowest BCUT2D eigenvalue weighted by Gasteiger charge is -2.00. The van der Waals surface area contributed by atoms with Crippen molar-refractivity contribution in [2.75, 3.05) is 0 Å². The van der Waals surface area contributed by atoms with Gasteiger partial charge in [0.05, 0.1) is 0 Å². The highest BCUT2D eigenvalue weighted by Gasteiger charge is 1.97. The third kappa shape index (κ3) is 3.00. The zero-order valence-electron chi connectivity index (χ0n) is 7.63. The van der Waals surface area contributed by atoms with Gasteiger partial charge in [0.2, 0.25) is 0 Å². The summed E-state index contributed by atoms with van der Waals surface area (Å²) in [6.45, 7) is 3.14. The van der Waals surface area contributed by atoms with Crippen LogP contribution in [0.3, 0.4) is 0 Å². The fourth-order valence-electron chi connectivity index (χ4n) is 0.948. The van der Waals surface area contributed by atoms with Gasteiger partial charge in [-0.25, -0.2) is 0 Å². The molecule has 0 heterocycles. The number of hydrogen-bond acceptors (Lipinski definition) is 2. The molecule has 0 aliphatic heterocycles. The number of carbonyl (C=O) groups excluding carboxylic acids is 1. The van der Waals surface area contributed by atoms with Crippen molar-refractivity contribution in [1.29, 1.82) is 0 Å². The summed E-state index contributed by atoms with van der Waals surface area (Å²) in [5.74, 6) is 5.87. The molecule has 0 N–H and O–H groups in total. The van der Waals surface area contributed by atoms with Gasteiger partial charge in [-0.3, -0.25) is 4.79 Å². The number of esters is 1. The Labute approximate surface area is 77.5 Å². The predicted molar refractivity (Wildman–Crippen MR) is 50.3 cm³/mol. The molecule has 66 valence electrons. The number of rotatable bonds is 1. The van der Waals surface area contributed by atoms with E-state index in [2.05, 4.69) is 11.8 Å². The quantitative estimate of drug-likeness (QED) is 0.369. The normalized spacial score (nSPS) is 8.46. The predicted octanol–water partition coefficient (Wildman–Crippen LogP) is 1.98. The Morgan fingerprint density at radius 2 is 2.23 bits per heavy atom. The van der Waals surface area contributed by atoms with Crippen LogP contribution < -0.4 is 4.74 Å². The van der Waals surface area contributed by atoms with Gasteiger partial charge in [-0.15, -0.1) is 5.92 Å². The summed E-state index contributed by atoms with van der Waals surface area (Å²) in [5.41, 5.74) is 0.848. The highest BCUT2D eigenvalue weighted by Crippen LogP contribution is 2.12. The van der Waals surface area contributed by atoms with E-state index in [1.807, 2.05) is 6.07 Å². The number of ether oxygens (including phenoxy) is 1. The molecule has 0 aromatic heterocycles. The highest BCUT2D eigenvalue weighted by atomic mass is 16.5. The molecule has 0 spiro atoms.